The van der Waals surface area contributed by atoms with Crippen LogP contribution in [0.1, 0.15) is 17.9 Å². The second-order valence-electron chi connectivity index (χ2n) is 7.61. The third kappa shape index (κ3) is 5.42. The SMILES string of the molecule is O=S(=O)(Nc1ncccn1)c1cc(F)c(OC[C@@H]2CNCCC2c2ccc(F)cc2)cc1F. The van der Waals surface area contributed by atoms with E-state index in [0.29, 0.717) is 18.7 Å². The maximum absolute atomic E-state index is 14.6. The van der Waals surface area contributed by atoms with Crippen molar-refractivity contribution in [2.45, 2.75) is 17.2 Å². The normalized spacial score (nSPS) is 18.6. The van der Waals surface area contributed by atoms with Gasteiger partial charge in [-0.05, 0) is 42.6 Å². The molecule has 3 aromatic rings. The van der Waals surface area contributed by atoms with E-state index in [1.165, 1.54) is 30.6 Å². The molecule has 0 radical (unpaired) electrons. The Bertz CT molecular complexity index is 1210. The van der Waals surface area contributed by atoms with E-state index in [-0.39, 0.29) is 30.2 Å². The van der Waals surface area contributed by atoms with Gasteiger partial charge in [0.15, 0.2) is 11.6 Å². The van der Waals surface area contributed by atoms with Gasteiger partial charge in [-0.1, -0.05) is 12.1 Å². The molecule has 1 unspecified atom stereocenters. The molecule has 1 saturated heterocycles. The standard InChI is InChI=1S/C22H21F3N4O3S/c23-16-4-2-14(3-5-16)17-6-9-26-12-15(17)13-32-20-10-19(25)21(11-18(20)24)33(30,31)29-22-27-7-1-8-28-22/h1-5,7-8,10-11,15,17,26H,6,9,12-13H2,(H,27,28,29)/t15-,17?/m0/s1. The first-order valence-electron chi connectivity index (χ1n) is 10.2. The molecule has 11 heteroatoms. The molecule has 1 aliphatic heterocycles. The lowest BCUT2D eigenvalue weighted by Crippen LogP contribution is -2.38. The molecule has 4 rings (SSSR count). The van der Waals surface area contributed by atoms with E-state index < -0.39 is 32.3 Å². The molecule has 1 aromatic heterocycles. The highest BCUT2D eigenvalue weighted by atomic mass is 32.2. The Morgan fingerprint density at radius 3 is 2.52 bits per heavy atom. The molecule has 1 fully saturated rings. The summed E-state index contributed by atoms with van der Waals surface area (Å²) in [5, 5.41) is 3.24. The maximum Gasteiger partial charge on any atom is 0.267 e. The Labute approximate surface area is 189 Å². The molecule has 1 aliphatic rings. The van der Waals surface area contributed by atoms with E-state index in [1.54, 1.807) is 12.1 Å². The lowest BCUT2D eigenvalue weighted by Gasteiger charge is -2.32. The van der Waals surface area contributed by atoms with Gasteiger partial charge in [0, 0.05) is 37.0 Å². The van der Waals surface area contributed by atoms with Crippen LogP contribution in [0.2, 0.25) is 0 Å². The number of ether oxygens (including phenoxy) is 1. The third-order valence-electron chi connectivity index (χ3n) is 5.43. The molecular formula is C22H21F3N4O3S. The first-order valence-corrected chi connectivity index (χ1v) is 11.7. The molecule has 174 valence electrons. The number of nitrogens with zero attached hydrogens (tertiary/aromatic N) is 2. The molecule has 0 amide bonds. The van der Waals surface area contributed by atoms with E-state index in [0.717, 1.165) is 18.5 Å². The van der Waals surface area contributed by atoms with E-state index in [4.69, 9.17) is 4.74 Å². The van der Waals surface area contributed by atoms with Gasteiger partial charge in [0.1, 0.15) is 16.5 Å². The number of benzene rings is 2. The topological polar surface area (TPSA) is 93.2 Å². The smallest absolute Gasteiger partial charge is 0.267 e. The van der Waals surface area contributed by atoms with Crippen molar-refractivity contribution < 1.29 is 26.3 Å². The fourth-order valence-electron chi connectivity index (χ4n) is 3.80. The number of nitrogens with one attached hydrogen (secondary N) is 2. The summed E-state index contributed by atoms with van der Waals surface area (Å²) in [6.07, 6.45) is 3.39. The highest BCUT2D eigenvalue weighted by molar-refractivity contribution is 7.92. The minimum Gasteiger partial charge on any atom is -0.490 e. The molecular weight excluding hydrogens is 457 g/mol. The molecule has 0 bridgehead atoms. The van der Waals surface area contributed by atoms with Gasteiger partial charge in [-0.25, -0.2) is 36.3 Å². The monoisotopic (exact) mass is 478 g/mol. The summed E-state index contributed by atoms with van der Waals surface area (Å²) in [6, 6.07) is 8.94. The van der Waals surface area contributed by atoms with Crippen molar-refractivity contribution in [1.82, 2.24) is 15.3 Å². The number of piperidine rings is 1. The summed E-state index contributed by atoms with van der Waals surface area (Å²) in [7, 11) is -4.45. The van der Waals surface area contributed by atoms with Gasteiger partial charge >= 0.3 is 0 Å². The van der Waals surface area contributed by atoms with Crippen LogP contribution in [0.5, 0.6) is 5.75 Å². The van der Waals surface area contributed by atoms with Gasteiger partial charge in [-0.3, -0.25) is 0 Å². The van der Waals surface area contributed by atoms with E-state index in [2.05, 4.69) is 15.3 Å². The first-order chi connectivity index (χ1) is 15.8. The Morgan fingerprint density at radius 1 is 1.06 bits per heavy atom. The van der Waals surface area contributed by atoms with Gasteiger partial charge in [-0.2, -0.15) is 0 Å². The summed E-state index contributed by atoms with van der Waals surface area (Å²) >= 11 is 0. The fourth-order valence-corrected chi connectivity index (χ4v) is 4.83. The van der Waals surface area contributed by atoms with Gasteiger partial charge < -0.3 is 10.1 Å². The second kappa shape index (κ2) is 9.75. The quantitative estimate of drug-likeness (QED) is 0.540. The average Bonchev–Trinajstić information content (AvgIpc) is 2.80. The van der Waals surface area contributed by atoms with Crippen LogP contribution >= 0.6 is 0 Å². The van der Waals surface area contributed by atoms with Gasteiger partial charge in [0.2, 0.25) is 5.95 Å². The Morgan fingerprint density at radius 2 is 1.79 bits per heavy atom. The van der Waals surface area contributed by atoms with Crippen LogP contribution in [-0.4, -0.2) is 38.1 Å². The number of rotatable bonds is 7. The summed E-state index contributed by atoms with van der Waals surface area (Å²) in [5.74, 6) is -3.22. The fraction of sp³-hybridized carbons (Fsp3) is 0.273. The Balaban J connectivity index is 1.49. The van der Waals surface area contributed by atoms with Gasteiger partial charge in [0.05, 0.1) is 6.61 Å². The third-order valence-corrected chi connectivity index (χ3v) is 6.77. The highest BCUT2D eigenvalue weighted by Gasteiger charge is 2.28. The molecule has 2 N–H and O–H groups in total. The van der Waals surface area contributed by atoms with E-state index in [9.17, 15) is 21.6 Å². The molecule has 7 nitrogen and oxygen atoms in total. The van der Waals surface area contributed by atoms with E-state index >= 15 is 0 Å². The van der Waals surface area contributed by atoms with E-state index in [1.807, 2.05) is 4.72 Å². The highest BCUT2D eigenvalue weighted by Crippen LogP contribution is 2.32. The Hall–Kier alpha value is -3.18. The van der Waals surface area contributed by atoms with Crippen LogP contribution in [0.4, 0.5) is 19.1 Å². The summed E-state index contributed by atoms with van der Waals surface area (Å²) in [4.78, 5) is 6.53. The summed E-state index contributed by atoms with van der Waals surface area (Å²) < 4.78 is 75.0. The van der Waals surface area contributed by atoms with Crippen molar-refractivity contribution in [3.8, 4) is 5.75 Å². The van der Waals surface area contributed by atoms with Crippen molar-refractivity contribution >= 4 is 16.0 Å². The molecule has 2 aromatic carbocycles. The molecule has 0 spiro atoms. The van der Waals surface area contributed by atoms with Gasteiger partial charge in [0.25, 0.3) is 10.0 Å². The van der Waals surface area contributed by atoms with Crippen molar-refractivity contribution in [1.29, 1.82) is 0 Å². The zero-order valence-corrected chi connectivity index (χ0v) is 18.2. The summed E-state index contributed by atoms with van der Waals surface area (Å²) in [5.41, 5.74) is 0.939. The van der Waals surface area contributed by atoms with Crippen LogP contribution in [0, 0.1) is 23.4 Å². The molecule has 0 aliphatic carbocycles. The number of aromatic nitrogens is 2. The lowest BCUT2D eigenvalue weighted by molar-refractivity contribution is 0.190. The van der Waals surface area contributed by atoms with Crippen LogP contribution in [-0.2, 0) is 10.0 Å². The predicted molar refractivity (Wildman–Crippen MR) is 115 cm³/mol. The van der Waals surface area contributed by atoms with Crippen LogP contribution in [0.15, 0.2) is 59.8 Å². The predicted octanol–water partition coefficient (Wildman–Crippen LogP) is 3.47. The number of halogens is 3. The van der Waals surface area contributed by atoms with Crippen molar-refractivity contribution in [3.05, 3.63) is 77.9 Å². The van der Waals surface area contributed by atoms with Crippen molar-refractivity contribution in [2.24, 2.45) is 5.92 Å². The Kier molecular flexibility index (Phi) is 6.80. The number of hydrogen-bond acceptors (Lipinski definition) is 6. The molecule has 2 atom stereocenters. The second-order valence-corrected chi connectivity index (χ2v) is 9.26. The first kappa shape index (κ1) is 23.0. The van der Waals surface area contributed by atoms with Crippen LogP contribution < -0.4 is 14.8 Å². The zero-order valence-electron chi connectivity index (χ0n) is 17.3. The van der Waals surface area contributed by atoms with Gasteiger partial charge in [-0.15, -0.1) is 0 Å². The van der Waals surface area contributed by atoms with Crippen LogP contribution in [0.25, 0.3) is 0 Å². The zero-order chi connectivity index (χ0) is 23.4. The van der Waals surface area contributed by atoms with Crippen molar-refractivity contribution in [3.63, 3.8) is 0 Å². The number of anilines is 1. The summed E-state index contributed by atoms with van der Waals surface area (Å²) in [6.45, 7) is 1.42. The molecule has 33 heavy (non-hydrogen) atoms. The average molecular weight is 478 g/mol. The van der Waals surface area contributed by atoms with Crippen LogP contribution in [0.3, 0.4) is 0 Å². The number of sulfonamides is 1. The molecule has 2 heterocycles. The largest absolute Gasteiger partial charge is 0.490 e. The minimum absolute atomic E-state index is 0.0504. The number of hydrogen-bond donors (Lipinski definition) is 2. The maximum atomic E-state index is 14.6. The van der Waals surface area contributed by atoms with Crippen molar-refractivity contribution in [2.75, 3.05) is 24.4 Å². The molecule has 0 saturated carbocycles. The minimum atomic E-state index is -4.45. The lowest BCUT2D eigenvalue weighted by atomic mass is 9.81.